The summed E-state index contributed by atoms with van der Waals surface area (Å²) in [5, 5.41) is 34.7. The van der Waals surface area contributed by atoms with Gasteiger partial charge in [0.15, 0.2) is 11.9 Å². The third kappa shape index (κ3) is 2.03. The van der Waals surface area contributed by atoms with E-state index >= 15 is 0 Å². The van der Waals surface area contributed by atoms with Crippen molar-refractivity contribution in [3.63, 3.8) is 0 Å². The highest BCUT2D eigenvalue weighted by atomic mass is 16.6. The van der Waals surface area contributed by atoms with Gasteiger partial charge in [-0.2, -0.15) is 0 Å². The fourth-order valence-electron chi connectivity index (χ4n) is 1.12. The number of aliphatic hydroxyl groups excluding tert-OH is 3. The molecule has 4 N–H and O–H groups in total. The van der Waals surface area contributed by atoms with E-state index in [1.54, 1.807) is 0 Å². The van der Waals surface area contributed by atoms with Crippen LogP contribution in [0.15, 0.2) is 11.8 Å². The Morgan fingerprint density at radius 1 is 1.64 bits per heavy atom. The first-order valence-corrected chi connectivity index (χ1v) is 4.08. The highest BCUT2D eigenvalue weighted by molar-refractivity contribution is 5.89. The molecule has 0 saturated heterocycles. The smallest absolute Gasteiger partial charge is 0.249 e. The lowest BCUT2D eigenvalue weighted by Gasteiger charge is -2.30. The summed E-state index contributed by atoms with van der Waals surface area (Å²) in [5.74, 6) is -0.237. The minimum Gasteiger partial charge on any atom is -0.480 e. The molecule has 0 unspecified atom stereocenters. The third-order valence-corrected chi connectivity index (χ3v) is 1.94. The lowest BCUT2D eigenvalue weighted by atomic mass is 10.0. The van der Waals surface area contributed by atoms with Crippen LogP contribution >= 0.6 is 0 Å². The number of hydrogen-bond donors (Lipinski definition) is 4. The van der Waals surface area contributed by atoms with Gasteiger partial charge in [0, 0.05) is 0 Å². The standard InChI is InChI=1S/C8H13NO5/c1-13-8(9)5-2-4(11)7(12)6(3-10)14-5/h2,4,6-7,9-12H,3H2,1H3/t4-,6-,7-/m1/s1. The van der Waals surface area contributed by atoms with E-state index in [1.165, 1.54) is 13.2 Å². The molecule has 0 saturated carbocycles. The van der Waals surface area contributed by atoms with Crippen LogP contribution < -0.4 is 0 Å². The van der Waals surface area contributed by atoms with Crippen molar-refractivity contribution in [1.29, 1.82) is 5.41 Å². The summed E-state index contributed by atoms with van der Waals surface area (Å²) in [6.45, 7) is -0.438. The van der Waals surface area contributed by atoms with Crippen LogP contribution in [0.4, 0.5) is 0 Å². The molecular weight excluding hydrogens is 190 g/mol. The Hall–Kier alpha value is -1.11. The van der Waals surface area contributed by atoms with Gasteiger partial charge in [0.05, 0.1) is 13.7 Å². The Balaban J connectivity index is 2.80. The van der Waals surface area contributed by atoms with E-state index < -0.39 is 24.9 Å². The molecule has 3 atom stereocenters. The summed E-state index contributed by atoms with van der Waals surface area (Å²) in [5.41, 5.74) is 0. The highest BCUT2D eigenvalue weighted by Crippen LogP contribution is 2.18. The normalized spacial score (nSPS) is 31.7. The zero-order chi connectivity index (χ0) is 10.7. The van der Waals surface area contributed by atoms with Gasteiger partial charge < -0.3 is 24.8 Å². The maximum atomic E-state index is 9.32. The van der Waals surface area contributed by atoms with Gasteiger partial charge in [0.1, 0.15) is 12.2 Å². The van der Waals surface area contributed by atoms with Crippen LogP contribution in [0, 0.1) is 5.41 Å². The van der Waals surface area contributed by atoms with Gasteiger partial charge >= 0.3 is 0 Å². The minimum atomic E-state index is -1.19. The molecule has 14 heavy (non-hydrogen) atoms. The summed E-state index contributed by atoms with van der Waals surface area (Å²) >= 11 is 0. The molecule has 0 spiro atoms. The van der Waals surface area contributed by atoms with E-state index in [1.807, 2.05) is 0 Å². The predicted molar refractivity (Wildman–Crippen MR) is 46.8 cm³/mol. The molecule has 1 heterocycles. The molecule has 0 bridgehead atoms. The molecular formula is C8H13NO5. The maximum absolute atomic E-state index is 9.32. The molecule has 0 aromatic heterocycles. The predicted octanol–water partition coefficient (Wildman–Crippen LogP) is -1.39. The first kappa shape index (κ1) is 11.0. The minimum absolute atomic E-state index is 0.0179. The molecule has 80 valence electrons. The van der Waals surface area contributed by atoms with Crippen molar-refractivity contribution in [3.05, 3.63) is 11.8 Å². The molecule has 0 aromatic rings. The second-order valence-electron chi connectivity index (χ2n) is 2.88. The zero-order valence-corrected chi connectivity index (χ0v) is 7.67. The van der Waals surface area contributed by atoms with E-state index in [4.69, 9.17) is 15.3 Å². The van der Waals surface area contributed by atoms with Gasteiger partial charge in [0.25, 0.3) is 0 Å². The Morgan fingerprint density at radius 3 is 2.79 bits per heavy atom. The van der Waals surface area contributed by atoms with Crippen LogP contribution in [0.2, 0.25) is 0 Å². The fraction of sp³-hybridized carbons (Fsp3) is 0.625. The summed E-state index contributed by atoms with van der Waals surface area (Å²) in [6.07, 6.45) is -2.11. The number of aliphatic hydroxyl groups is 3. The lowest BCUT2D eigenvalue weighted by Crippen LogP contribution is -2.44. The van der Waals surface area contributed by atoms with Crippen LogP contribution in [0.25, 0.3) is 0 Å². The largest absolute Gasteiger partial charge is 0.480 e. The second kappa shape index (κ2) is 4.41. The van der Waals surface area contributed by atoms with E-state index in [-0.39, 0.29) is 11.7 Å². The molecule has 0 aliphatic carbocycles. The summed E-state index contributed by atoms with van der Waals surface area (Å²) in [4.78, 5) is 0. The highest BCUT2D eigenvalue weighted by Gasteiger charge is 2.33. The topological polar surface area (TPSA) is 103 Å². The molecule has 6 heteroatoms. The monoisotopic (exact) mass is 203 g/mol. The first-order valence-electron chi connectivity index (χ1n) is 4.08. The van der Waals surface area contributed by atoms with E-state index in [2.05, 4.69) is 4.74 Å². The molecule has 0 radical (unpaired) electrons. The first-order chi connectivity index (χ1) is 6.60. The quantitative estimate of drug-likeness (QED) is 0.327. The van der Waals surface area contributed by atoms with Crippen molar-refractivity contribution in [2.24, 2.45) is 0 Å². The van der Waals surface area contributed by atoms with Crippen LogP contribution in [-0.2, 0) is 9.47 Å². The molecule has 6 nitrogen and oxygen atoms in total. The van der Waals surface area contributed by atoms with Crippen LogP contribution in [-0.4, -0.2) is 53.2 Å². The molecule has 0 fully saturated rings. The van der Waals surface area contributed by atoms with Crippen LogP contribution in [0.3, 0.4) is 0 Å². The number of rotatable bonds is 2. The molecule has 1 aliphatic heterocycles. The average Bonchev–Trinajstić information content (AvgIpc) is 2.20. The van der Waals surface area contributed by atoms with Crippen LogP contribution in [0.1, 0.15) is 0 Å². The van der Waals surface area contributed by atoms with Crippen molar-refractivity contribution in [2.75, 3.05) is 13.7 Å². The molecule has 0 amide bonds. The van der Waals surface area contributed by atoms with Crippen molar-refractivity contribution in [2.45, 2.75) is 18.3 Å². The molecule has 1 aliphatic rings. The average molecular weight is 203 g/mol. The van der Waals surface area contributed by atoms with Gasteiger partial charge in [0.2, 0.25) is 5.90 Å². The number of ether oxygens (including phenoxy) is 2. The van der Waals surface area contributed by atoms with Crippen molar-refractivity contribution < 1.29 is 24.8 Å². The Labute approximate surface area is 80.9 Å². The summed E-state index contributed by atoms with van der Waals surface area (Å²) < 4.78 is 9.60. The van der Waals surface area contributed by atoms with Gasteiger partial charge in [-0.3, -0.25) is 5.41 Å². The SMILES string of the molecule is COC(=N)C1=C[C@@H](O)[C@@H](O)[C@@H](CO)O1. The Kier molecular flexibility index (Phi) is 3.45. The van der Waals surface area contributed by atoms with Gasteiger partial charge in [-0.1, -0.05) is 0 Å². The zero-order valence-electron chi connectivity index (χ0n) is 7.67. The van der Waals surface area contributed by atoms with Gasteiger partial charge in [-0.05, 0) is 6.08 Å². The van der Waals surface area contributed by atoms with E-state index in [0.717, 1.165) is 0 Å². The van der Waals surface area contributed by atoms with Crippen molar-refractivity contribution in [3.8, 4) is 0 Å². The number of nitrogens with one attached hydrogen (secondary N) is 1. The lowest BCUT2D eigenvalue weighted by molar-refractivity contribution is -0.0873. The molecule has 0 aromatic carbocycles. The summed E-state index contributed by atoms with van der Waals surface area (Å²) in [7, 11) is 1.29. The maximum Gasteiger partial charge on any atom is 0.249 e. The fourth-order valence-corrected chi connectivity index (χ4v) is 1.12. The van der Waals surface area contributed by atoms with Gasteiger partial charge in [-0.25, -0.2) is 0 Å². The Morgan fingerprint density at radius 2 is 2.29 bits per heavy atom. The summed E-state index contributed by atoms with van der Waals surface area (Å²) in [6, 6.07) is 0. The third-order valence-electron chi connectivity index (χ3n) is 1.94. The van der Waals surface area contributed by atoms with E-state index in [9.17, 15) is 10.2 Å². The van der Waals surface area contributed by atoms with E-state index in [0.29, 0.717) is 0 Å². The Bertz CT molecular complexity index is 252. The molecule has 1 rings (SSSR count). The van der Waals surface area contributed by atoms with Crippen LogP contribution in [0.5, 0.6) is 0 Å². The van der Waals surface area contributed by atoms with Gasteiger partial charge in [-0.15, -0.1) is 0 Å². The number of hydrogen-bond acceptors (Lipinski definition) is 6. The van der Waals surface area contributed by atoms with Crippen molar-refractivity contribution >= 4 is 5.90 Å². The van der Waals surface area contributed by atoms with Crippen molar-refractivity contribution in [1.82, 2.24) is 0 Å². The second-order valence-corrected chi connectivity index (χ2v) is 2.88. The number of methoxy groups -OCH3 is 1.